The van der Waals surface area contributed by atoms with Gasteiger partial charge in [-0.05, 0) is 38.1 Å². The number of piperazine rings is 1. The van der Waals surface area contributed by atoms with Crippen molar-refractivity contribution in [3.05, 3.63) is 48.0 Å². The van der Waals surface area contributed by atoms with E-state index >= 15 is 0 Å². The zero-order valence-corrected chi connectivity index (χ0v) is 17.2. The average molecular weight is 406 g/mol. The number of imidazole rings is 1. The molecule has 152 valence electrons. The van der Waals surface area contributed by atoms with E-state index in [0.717, 1.165) is 13.0 Å². The number of benzene rings is 1. The van der Waals surface area contributed by atoms with Crippen LogP contribution in [0.2, 0.25) is 0 Å². The van der Waals surface area contributed by atoms with E-state index in [4.69, 9.17) is 0 Å². The molecule has 0 radical (unpaired) electrons. The Hall–Kier alpha value is -2.23. The number of aromatic nitrogens is 2. The number of hydrogen-bond acceptors (Lipinski definition) is 5. The molecule has 1 aliphatic rings. The maximum atomic E-state index is 13.0. The predicted molar refractivity (Wildman–Crippen MR) is 107 cm³/mol. The Morgan fingerprint density at radius 1 is 1.21 bits per heavy atom. The van der Waals surface area contributed by atoms with Crippen molar-refractivity contribution in [3.63, 3.8) is 0 Å². The lowest BCUT2D eigenvalue weighted by atomic mass is 10.1. The minimum absolute atomic E-state index is 0.211. The van der Waals surface area contributed by atoms with E-state index in [0.29, 0.717) is 43.9 Å². The van der Waals surface area contributed by atoms with Crippen LogP contribution in [0.1, 0.15) is 22.3 Å². The lowest BCUT2D eigenvalue weighted by Crippen LogP contribution is -2.47. The van der Waals surface area contributed by atoms with Gasteiger partial charge in [-0.15, -0.1) is 0 Å². The monoisotopic (exact) mass is 405 g/mol. The van der Waals surface area contributed by atoms with Gasteiger partial charge in [-0.1, -0.05) is 6.07 Å². The SMILES string of the molecule is Cc1ccc(C(=O)NCCCn2ccnc2)cc1S(=O)(=O)N1CCN(C)CC1. The van der Waals surface area contributed by atoms with Crippen molar-refractivity contribution in [2.24, 2.45) is 0 Å². The highest BCUT2D eigenvalue weighted by Crippen LogP contribution is 2.22. The number of nitrogens with zero attached hydrogens (tertiary/aromatic N) is 4. The molecule has 1 aliphatic heterocycles. The molecule has 9 heteroatoms. The van der Waals surface area contributed by atoms with Crippen LogP contribution in [-0.4, -0.2) is 72.9 Å². The van der Waals surface area contributed by atoms with Gasteiger partial charge in [-0.3, -0.25) is 4.79 Å². The largest absolute Gasteiger partial charge is 0.352 e. The lowest BCUT2D eigenvalue weighted by Gasteiger charge is -2.32. The van der Waals surface area contributed by atoms with Crippen LogP contribution in [0.25, 0.3) is 0 Å². The molecule has 0 atom stereocenters. The number of nitrogens with one attached hydrogen (secondary N) is 1. The number of carbonyl (C=O) groups is 1. The predicted octanol–water partition coefficient (Wildman–Crippen LogP) is 0.948. The van der Waals surface area contributed by atoms with Gasteiger partial charge in [0.15, 0.2) is 0 Å². The molecule has 2 heterocycles. The summed E-state index contributed by atoms with van der Waals surface area (Å²) in [4.78, 5) is 18.8. The number of hydrogen-bond donors (Lipinski definition) is 1. The van der Waals surface area contributed by atoms with E-state index in [1.807, 2.05) is 17.8 Å². The molecule has 3 rings (SSSR count). The Morgan fingerprint density at radius 3 is 2.64 bits per heavy atom. The van der Waals surface area contributed by atoms with Crippen LogP contribution in [0.4, 0.5) is 0 Å². The summed E-state index contributed by atoms with van der Waals surface area (Å²) in [5.74, 6) is -0.263. The Morgan fingerprint density at radius 2 is 1.96 bits per heavy atom. The van der Waals surface area contributed by atoms with Crippen LogP contribution >= 0.6 is 0 Å². The molecule has 1 aromatic carbocycles. The highest BCUT2D eigenvalue weighted by molar-refractivity contribution is 7.89. The second-order valence-corrected chi connectivity index (χ2v) is 9.00. The van der Waals surface area contributed by atoms with Gasteiger partial charge in [-0.2, -0.15) is 4.31 Å². The molecule has 28 heavy (non-hydrogen) atoms. The van der Waals surface area contributed by atoms with Gasteiger partial charge in [0.1, 0.15) is 0 Å². The summed E-state index contributed by atoms with van der Waals surface area (Å²) in [7, 11) is -1.63. The molecule has 1 fully saturated rings. The molecule has 0 aliphatic carbocycles. The molecule has 1 saturated heterocycles. The number of likely N-dealkylation sites (N-methyl/N-ethyl adjacent to an activating group) is 1. The van der Waals surface area contributed by atoms with Crippen LogP contribution in [-0.2, 0) is 16.6 Å². The van der Waals surface area contributed by atoms with Crippen LogP contribution in [0.15, 0.2) is 41.8 Å². The number of carbonyl (C=O) groups excluding carboxylic acids is 1. The smallest absolute Gasteiger partial charge is 0.251 e. The van der Waals surface area contributed by atoms with Gasteiger partial charge >= 0.3 is 0 Å². The minimum Gasteiger partial charge on any atom is -0.352 e. The van der Waals surface area contributed by atoms with E-state index in [1.54, 1.807) is 31.6 Å². The third-order valence-electron chi connectivity index (χ3n) is 4.97. The standard InChI is InChI=1S/C19H27N5O3S/c1-16-4-5-17(19(25)21-6-3-8-23-9-7-20-15-23)14-18(16)28(26,27)24-12-10-22(2)11-13-24/h4-5,7,9,14-15H,3,6,8,10-13H2,1-2H3,(H,21,25). The first-order valence-electron chi connectivity index (χ1n) is 9.41. The molecule has 1 aromatic heterocycles. The summed E-state index contributed by atoms with van der Waals surface area (Å²) in [5.41, 5.74) is 1.01. The fourth-order valence-corrected chi connectivity index (χ4v) is 4.84. The molecular formula is C19H27N5O3S. The van der Waals surface area contributed by atoms with Crippen molar-refractivity contribution in [1.29, 1.82) is 0 Å². The third kappa shape index (κ3) is 4.78. The van der Waals surface area contributed by atoms with Crippen LogP contribution in [0.5, 0.6) is 0 Å². The van der Waals surface area contributed by atoms with Gasteiger partial charge in [0.25, 0.3) is 5.91 Å². The molecular weight excluding hydrogens is 378 g/mol. The normalized spacial score (nSPS) is 16.2. The van der Waals surface area contributed by atoms with Crippen molar-refractivity contribution in [2.75, 3.05) is 39.8 Å². The number of amides is 1. The first-order chi connectivity index (χ1) is 13.4. The summed E-state index contributed by atoms with van der Waals surface area (Å²) in [6.45, 7) is 5.36. The second kappa shape index (κ2) is 8.85. The topological polar surface area (TPSA) is 87.5 Å². The van der Waals surface area contributed by atoms with Gasteiger partial charge < -0.3 is 14.8 Å². The van der Waals surface area contributed by atoms with E-state index in [1.165, 1.54) is 10.4 Å². The molecule has 2 aromatic rings. The van der Waals surface area contributed by atoms with Gasteiger partial charge in [0.2, 0.25) is 10.0 Å². The van der Waals surface area contributed by atoms with Crippen LogP contribution in [0, 0.1) is 6.92 Å². The second-order valence-electron chi connectivity index (χ2n) is 7.10. The number of rotatable bonds is 7. The van der Waals surface area contributed by atoms with Crippen LogP contribution in [0.3, 0.4) is 0 Å². The molecule has 8 nitrogen and oxygen atoms in total. The molecule has 1 N–H and O–H groups in total. The van der Waals surface area contributed by atoms with Crippen LogP contribution < -0.4 is 5.32 Å². The van der Waals surface area contributed by atoms with Crippen molar-refractivity contribution >= 4 is 15.9 Å². The summed E-state index contributed by atoms with van der Waals surface area (Å²) in [6.07, 6.45) is 6.09. The fourth-order valence-electron chi connectivity index (χ4n) is 3.17. The summed E-state index contributed by atoms with van der Waals surface area (Å²) >= 11 is 0. The zero-order valence-electron chi connectivity index (χ0n) is 16.3. The van der Waals surface area contributed by atoms with Crippen molar-refractivity contribution in [3.8, 4) is 0 Å². The average Bonchev–Trinajstić information content (AvgIpc) is 3.19. The quantitative estimate of drug-likeness (QED) is 0.693. The maximum Gasteiger partial charge on any atom is 0.251 e. The highest BCUT2D eigenvalue weighted by Gasteiger charge is 2.29. The Bertz CT molecular complexity index is 904. The summed E-state index contributed by atoms with van der Waals surface area (Å²) in [6, 6.07) is 4.86. The Labute approximate surface area is 166 Å². The molecule has 1 amide bonds. The fraction of sp³-hybridized carbons (Fsp3) is 0.474. The number of sulfonamides is 1. The van der Waals surface area contributed by atoms with Crippen molar-refractivity contribution in [1.82, 2.24) is 24.1 Å². The Balaban J connectivity index is 1.65. The van der Waals surface area contributed by atoms with E-state index in [2.05, 4.69) is 15.2 Å². The Kier molecular flexibility index (Phi) is 6.48. The van der Waals surface area contributed by atoms with Crippen molar-refractivity contribution in [2.45, 2.75) is 24.8 Å². The maximum absolute atomic E-state index is 13.0. The molecule has 0 bridgehead atoms. The molecule has 0 saturated carbocycles. The van der Waals surface area contributed by atoms with Gasteiger partial charge in [0.05, 0.1) is 11.2 Å². The highest BCUT2D eigenvalue weighted by atomic mass is 32.2. The lowest BCUT2D eigenvalue weighted by molar-refractivity contribution is 0.0952. The molecule has 0 spiro atoms. The zero-order chi connectivity index (χ0) is 20.1. The van der Waals surface area contributed by atoms with Gasteiger partial charge in [-0.25, -0.2) is 13.4 Å². The summed E-state index contributed by atoms with van der Waals surface area (Å²) in [5, 5.41) is 2.86. The third-order valence-corrected chi connectivity index (χ3v) is 7.01. The van der Waals surface area contributed by atoms with E-state index < -0.39 is 10.0 Å². The van der Waals surface area contributed by atoms with E-state index in [-0.39, 0.29) is 10.8 Å². The van der Waals surface area contributed by atoms with Gasteiger partial charge in [0, 0.05) is 57.2 Å². The minimum atomic E-state index is -3.61. The summed E-state index contributed by atoms with van der Waals surface area (Å²) < 4.78 is 29.5. The first-order valence-corrected chi connectivity index (χ1v) is 10.9. The van der Waals surface area contributed by atoms with E-state index in [9.17, 15) is 13.2 Å². The van der Waals surface area contributed by atoms with Crippen molar-refractivity contribution < 1.29 is 13.2 Å². The first kappa shape index (κ1) is 20.5. The molecule has 0 unspecified atom stereocenters. The number of aryl methyl sites for hydroxylation is 2.